The molecule has 0 atom stereocenters. The fourth-order valence-corrected chi connectivity index (χ4v) is 4.59. The Morgan fingerprint density at radius 2 is 0.667 bits per heavy atom. The second kappa shape index (κ2) is 7.91. The third kappa shape index (κ3) is 3.15. The quantitative estimate of drug-likeness (QED) is 0.408. The topological polar surface area (TPSA) is 18.5 Å². The molecule has 4 aromatic carbocycles. The van der Waals surface area contributed by atoms with Gasteiger partial charge in [-0.1, -0.05) is 121 Å². The second-order valence-electron chi connectivity index (χ2n) is 7.70. The van der Waals surface area contributed by atoms with Crippen molar-refractivity contribution in [3.63, 3.8) is 0 Å². The van der Waals surface area contributed by atoms with E-state index < -0.39 is 11.2 Å². The first kappa shape index (κ1) is 18.8. The van der Waals surface area contributed by atoms with Crippen LogP contribution in [0.2, 0.25) is 0 Å². The number of ether oxygens (including phenoxy) is 2. The highest BCUT2D eigenvalue weighted by molar-refractivity contribution is 5.43. The lowest BCUT2D eigenvalue weighted by Crippen LogP contribution is -2.48. The van der Waals surface area contributed by atoms with Gasteiger partial charge >= 0.3 is 0 Å². The molecule has 1 aliphatic rings. The van der Waals surface area contributed by atoms with E-state index in [-0.39, 0.29) is 6.79 Å². The number of benzene rings is 4. The summed E-state index contributed by atoms with van der Waals surface area (Å²) >= 11 is 0. The van der Waals surface area contributed by atoms with E-state index in [1.807, 2.05) is 24.3 Å². The first-order valence-corrected chi connectivity index (χ1v) is 10.3. The Morgan fingerprint density at radius 1 is 0.400 bits per heavy atom. The van der Waals surface area contributed by atoms with Crippen LogP contribution in [0.5, 0.6) is 0 Å². The van der Waals surface area contributed by atoms with Crippen LogP contribution in [0.4, 0.5) is 0 Å². The van der Waals surface area contributed by atoms with Crippen molar-refractivity contribution < 1.29 is 9.47 Å². The minimum atomic E-state index is -0.619. The molecule has 0 aliphatic carbocycles. The summed E-state index contributed by atoms with van der Waals surface area (Å²) in [5.41, 5.74) is 3.30. The molecule has 30 heavy (non-hydrogen) atoms. The van der Waals surface area contributed by atoms with Crippen LogP contribution in [0, 0.1) is 0 Å². The summed E-state index contributed by atoms with van der Waals surface area (Å²) < 4.78 is 13.0. The average molecular weight is 392 g/mol. The van der Waals surface area contributed by atoms with E-state index in [1.165, 1.54) is 0 Å². The lowest BCUT2D eigenvalue weighted by molar-refractivity contribution is -0.246. The Labute approximate surface area is 177 Å². The molecule has 0 amide bonds. The van der Waals surface area contributed by atoms with Gasteiger partial charge in [-0.2, -0.15) is 0 Å². The van der Waals surface area contributed by atoms with Gasteiger partial charge in [-0.3, -0.25) is 0 Å². The predicted molar refractivity (Wildman–Crippen MR) is 119 cm³/mol. The summed E-state index contributed by atoms with van der Waals surface area (Å²) in [4.78, 5) is 0. The maximum atomic E-state index is 6.51. The summed E-state index contributed by atoms with van der Waals surface area (Å²) in [5.74, 6) is 0. The van der Waals surface area contributed by atoms with E-state index in [2.05, 4.69) is 97.1 Å². The van der Waals surface area contributed by atoms with Crippen LogP contribution >= 0.6 is 0 Å². The van der Waals surface area contributed by atoms with Crippen molar-refractivity contribution in [3.8, 4) is 0 Å². The molecule has 2 nitrogen and oxygen atoms in total. The normalized spacial score (nSPS) is 17.3. The predicted octanol–water partition coefficient (Wildman–Crippen LogP) is 6.27. The molecule has 1 saturated heterocycles. The monoisotopic (exact) mass is 392 g/mol. The third-order valence-corrected chi connectivity index (χ3v) is 6.07. The fraction of sp³-hybridized carbons (Fsp3) is 0.143. The van der Waals surface area contributed by atoms with E-state index in [4.69, 9.17) is 9.47 Å². The molecule has 0 radical (unpaired) electrons. The summed E-state index contributed by atoms with van der Waals surface area (Å²) in [6.45, 7) is 0.202. The van der Waals surface area contributed by atoms with E-state index in [9.17, 15) is 0 Å². The fourth-order valence-electron chi connectivity index (χ4n) is 4.59. The smallest absolute Gasteiger partial charge is 0.150 e. The van der Waals surface area contributed by atoms with E-state index in [1.54, 1.807) is 0 Å². The molecule has 0 spiro atoms. The van der Waals surface area contributed by atoms with Crippen molar-refractivity contribution in [1.29, 1.82) is 0 Å². The Hall–Kier alpha value is -3.20. The summed E-state index contributed by atoms with van der Waals surface area (Å²) in [6, 6.07) is 42.0. The molecule has 148 valence electrons. The molecule has 0 saturated carbocycles. The molecule has 1 heterocycles. The Balaban J connectivity index is 1.74. The van der Waals surface area contributed by atoms with Crippen LogP contribution in [0.3, 0.4) is 0 Å². The maximum Gasteiger partial charge on any atom is 0.150 e. The first-order valence-electron chi connectivity index (χ1n) is 10.3. The number of hydrogen-bond acceptors (Lipinski definition) is 2. The van der Waals surface area contributed by atoms with Gasteiger partial charge in [0, 0.05) is 6.42 Å². The van der Waals surface area contributed by atoms with Crippen LogP contribution in [0.1, 0.15) is 28.7 Å². The van der Waals surface area contributed by atoms with Crippen molar-refractivity contribution in [3.05, 3.63) is 144 Å². The molecule has 0 aromatic heterocycles. The van der Waals surface area contributed by atoms with Crippen molar-refractivity contribution in [2.75, 3.05) is 6.79 Å². The molecular formula is C28H24O2. The SMILES string of the molecule is c1ccc(C2(c3ccccc3)CC(c3ccccc3)(c3ccccc3)OCO2)cc1. The van der Waals surface area contributed by atoms with Gasteiger partial charge in [0.25, 0.3) is 0 Å². The van der Waals surface area contributed by atoms with Crippen LogP contribution in [0.15, 0.2) is 121 Å². The Bertz CT molecular complexity index is 909. The van der Waals surface area contributed by atoms with Gasteiger partial charge in [0.05, 0.1) is 0 Å². The molecule has 0 bridgehead atoms. The minimum absolute atomic E-state index is 0.202. The van der Waals surface area contributed by atoms with Gasteiger partial charge < -0.3 is 9.47 Å². The van der Waals surface area contributed by atoms with Gasteiger partial charge in [-0.05, 0) is 22.3 Å². The maximum absolute atomic E-state index is 6.51. The minimum Gasteiger partial charge on any atom is -0.339 e. The molecule has 2 heteroatoms. The lowest BCUT2D eigenvalue weighted by Gasteiger charge is -2.48. The molecule has 1 aliphatic heterocycles. The molecular weight excluding hydrogens is 368 g/mol. The Morgan fingerprint density at radius 3 is 0.933 bits per heavy atom. The van der Waals surface area contributed by atoms with E-state index in [0.717, 1.165) is 22.3 Å². The summed E-state index contributed by atoms with van der Waals surface area (Å²) in [7, 11) is 0. The summed E-state index contributed by atoms with van der Waals surface area (Å²) in [5, 5.41) is 0. The van der Waals surface area contributed by atoms with Gasteiger partial charge in [0.1, 0.15) is 18.0 Å². The van der Waals surface area contributed by atoms with Crippen molar-refractivity contribution in [2.45, 2.75) is 17.6 Å². The van der Waals surface area contributed by atoms with Gasteiger partial charge in [-0.15, -0.1) is 0 Å². The molecule has 0 unspecified atom stereocenters. The van der Waals surface area contributed by atoms with Crippen molar-refractivity contribution in [2.24, 2.45) is 0 Å². The number of rotatable bonds is 4. The average Bonchev–Trinajstić information content (AvgIpc) is 2.86. The third-order valence-electron chi connectivity index (χ3n) is 6.07. The van der Waals surface area contributed by atoms with Crippen LogP contribution in [-0.4, -0.2) is 6.79 Å². The Kier molecular flexibility index (Phi) is 4.96. The largest absolute Gasteiger partial charge is 0.339 e. The number of hydrogen-bond donors (Lipinski definition) is 0. The van der Waals surface area contributed by atoms with Crippen LogP contribution < -0.4 is 0 Å². The molecule has 5 rings (SSSR count). The standard InChI is InChI=1S/C28H24O2/c1-5-13-23(14-6-1)27(24-15-7-2-8-16-24)21-28(30-22-29-27,25-17-9-3-10-18-25)26-19-11-4-12-20-26/h1-20H,21-22H2. The lowest BCUT2D eigenvalue weighted by atomic mass is 9.71. The second-order valence-corrected chi connectivity index (χ2v) is 7.70. The first-order chi connectivity index (χ1) is 14.8. The zero-order chi connectivity index (χ0) is 20.3. The van der Waals surface area contributed by atoms with Crippen molar-refractivity contribution in [1.82, 2.24) is 0 Å². The zero-order valence-corrected chi connectivity index (χ0v) is 16.8. The van der Waals surface area contributed by atoms with Crippen LogP contribution in [0.25, 0.3) is 0 Å². The highest BCUT2D eigenvalue weighted by Gasteiger charge is 2.50. The highest BCUT2D eigenvalue weighted by Crippen LogP contribution is 2.51. The van der Waals surface area contributed by atoms with E-state index in [0.29, 0.717) is 6.42 Å². The molecule has 1 fully saturated rings. The van der Waals surface area contributed by atoms with E-state index >= 15 is 0 Å². The van der Waals surface area contributed by atoms with Gasteiger partial charge in [0.15, 0.2) is 0 Å². The van der Waals surface area contributed by atoms with Crippen molar-refractivity contribution >= 4 is 0 Å². The molecule has 0 N–H and O–H groups in total. The summed E-state index contributed by atoms with van der Waals surface area (Å²) in [6.07, 6.45) is 0.641. The highest BCUT2D eigenvalue weighted by atomic mass is 16.7. The van der Waals surface area contributed by atoms with Gasteiger partial charge in [-0.25, -0.2) is 0 Å². The van der Waals surface area contributed by atoms with Crippen LogP contribution in [-0.2, 0) is 20.7 Å². The molecule has 4 aromatic rings. The van der Waals surface area contributed by atoms with Gasteiger partial charge in [0.2, 0.25) is 0 Å². The zero-order valence-electron chi connectivity index (χ0n) is 16.8.